The van der Waals surface area contributed by atoms with Crippen LogP contribution in [0.25, 0.3) is 0 Å². The lowest BCUT2D eigenvalue weighted by Gasteiger charge is -2.29. The van der Waals surface area contributed by atoms with Crippen LogP contribution in [0.5, 0.6) is 11.5 Å². The number of aliphatic carboxylic acids is 1. The molecule has 104 valence electrons. The molecule has 2 rings (SSSR count). The van der Waals surface area contributed by atoms with E-state index in [0.717, 1.165) is 22.7 Å². The molecular weight excluding hydrogens is 246 g/mol. The van der Waals surface area contributed by atoms with Crippen molar-refractivity contribution in [3.63, 3.8) is 0 Å². The average molecular weight is 265 g/mol. The van der Waals surface area contributed by atoms with Crippen LogP contribution >= 0.6 is 0 Å². The Balaban J connectivity index is 2.26. The SMILES string of the molecule is Cc1cc2c(cc1N(C)C(C)CC(=O)O)OCCO2. The number of carbonyl (C=O) groups is 1. The molecule has 1 atom stereocenters. The van der Waals surface area contributed by atoms with E-state index in [0.29, 0.717) is 13.2 Å². The van der Waals surface area contributed by atoms with Crippen molar-refractivity contribution in [1.82, 2.24) is 0 Å². The first kappa shape index (κ1) is 13.5. The van der Waals surface area contributed by atoms with Crippen LogP contribution < -0.4 is 14.4 Å². The smallest absolute Gasteiger partial charge is 0.305 e. The van der Waals surface area contributed by atoms with E-state index in [2.05, 4.69) is 0 Å². The molecule has 0 fully saturated rings. The molecule has 0 radical (unpaired) electrons. The lowest BCUT2D eigenvalue weighted by atomic mass is 10.1. The molecule has 1 aliphatic heterocycles. The number of benzene rings is 1. The Morgan fingerprint density at radius 3 is 2.53 bits per heavy atom. The standard InChI is InChI=1S/C14H19NO4/c1-9-6-12-13(19-5-4-18-12)8-11(9)15(3)10(2)7-14(16)17/h6,8,10H,4-5,7H2,1-3H3,(H,16,17). The Hall–Kier alpha value is -1.91. The second-order valence-corrected chi connectivity index (χ2v) is 4.84. The minimum Gasteiger partial charge on any atom is -0.486 e. The van der Waals surface area contributed by atoms with E-state index in [-0.39, 0.29) is 12.5 Å². The summed E-state index contributed by atoms with van der Waals surface area (Å²) in [5.74, 6) is 0.683. The van der Waals surface area contributed by atoms with Crippen LogP contribution in [-0.2, 0) is 4.79 Å². The summed E-state index contributed by atoms with van der Waals surface area (Å²) in [5.41, 5.74) is 2.02. The van der Waals surface area contributed by atoms with Crippen LogP contribution in [0.15, 0.2) is 12.1 Å². The number of hydrogen-bond acceptors (Lipinski definition) is 4. The van der Waals surface area contributed by atoms with Gasteiger partial charge in [-0.1, -0.05) is 0 Å². The average Bonchev–Trinajstić information content (AvgIpc) is 2.36. The molecule has 1 aromatic carbocycles. The maximum atomic E-state index is 10.8. The fraction of sp³-hybridized carbons (Fsp3) is 0.500. The maximum absolute atomic E-state index is 10.8. The Kier molecular flexibility index (Phi) is 3.83. The molecule has 1 aromatic rings. The molecule has 1 aliphatic rings. The highest BCUT2D eigenvalue weighted by molar-refractivity contribution is 5.69. The van der Waals surface area contributed by atoms with Gasteiger partial charge in [0.25, 0.3) is 0 Å². The lowest BCUT2D eigenvalue weighted by molar-refractivity contribution is -0.137. The molecule has 5 heteroatoms. The number of carboxylic acid groups (broad SMARTS) is 1. The minimum atomic E-state index is -0.797. The molecule has 0 amide bonds. The van der Waals surface area contributed by atoms with Gasteiger partial charge in [-0.05, 0) is 25.5 Å². The number of nitrogens with zero attached hydrogens (tertiary/aromatic N) is 1. The summed E-state index contributed by atoms with van der Waals surface area (Å²) in [6.07, 6.45) is 0.102. The van der Waals surface area contributed by atoms with Crippen LogP contribution in [0.2, 0.25) is 0 Å². The first-order valence-electron chi connectivity index (χ1n) is 6.34. The molecule has 0 spiro atoms. The van der Waals surface area contributed by atoms with Crippen molar-refractivity contribution in [3.8, 4) is 11.5 Å². The van der Waals surface area contributed by atoms with Crippen molar-refractivity contribution in [2.75, 3.05) is 25.2 Å². The summed E-state index contributed by atoms with van der Waals surface area (Å²) in [6, 6.07) is 3.77. The highest BCUT2D eigenvalue weighted by Crippen LogP contribution is 2.37. The van der Waals surface area contributed by atoms with E-state index in [9.17, 15) is 4.79 Å². The fourth-order valence-corrected chi connectivity index (χ4v) is 2.19. The second kappa shape index (κ2) is 5.38. The summed E-state index contributed by atoms with van der Waals surface area (Å²) in [5, 5.41) is 8.87. The first-order valence-corrected chi connectivity index (χ1v) is 6.34. The highest BCUT2D eigenvalue weighted by Gasteiger charge is 2.19. The van der Waals surface area contributed by atoms with Gasteiger partial charge in [0.1, 0.15) is 13.2 Å². The van der Waals surface area contributed by atoms with E-state index in [4.69, 9.17) is 14.6 Å². The number of ether oxygens (including phenoxy) is 2. The van der Waals surface area contributed by atoms with Gasteiger partial charge in [0, 0.05) is 24.8 Å². The van der Waals surface area contributed by atoms with Crippen molar-refractivity contribution < 1.29 is 19.4 Å². The third-order valence-corrected chi connectivity index (χ3v) is 3.37. The number of fused-ring (bicyclic) bond motifs is 1. The quantitative estimate of drug-likeness (QED) is 0.903. The van der Waals surface area contributed by atoms with E-state index in [1.807, 2.05) is 37.9 Å². The van der Waals surface area contributed by atoms with Crippen molar-refractivity contribution >= 4 is 11.7 Å². The van der Waals surface area contributed by atoms with Crippen LogP contribution in [0.3, 0.4) is 0 Å². The number of anilines is 1. The monoisotopic (exact) mass is 265 g/mol. The highest BCUT2D eigenvalue weighted by atomic mass is 16.6. The van der Waals surface area contributed by atoms with Crippen molar-refractivity contribution in [3.05, 3.63) is 17.7 Å². The molecule has 1 heterocycles. The Labute approximate surface area is 112 Å². The maximum Gasteiger partial charge on any atom is 0.305 e. The van der Waals surface area contributed by atoms with Gasteiger partial charge in [0.2, 0.25) is 0 Å². The Bertz CT molecular complexity index is 487. The zero-order valence-electron chi connectivity index (χ0n) is 11.5. The van der Waals surface area contributed by atoms with Crippen molar-refractivity contribution in [1.29, 1.82) is 0 Å². The van der Waals surface area contributed by atoms with Gasteiger partial charge in [-0.2, -0.15) is 0 Å². The van der Waals surface area contributed by atoms with Gasteiger partial charge in [-0.15, -0.1) is 0 Å². The Morgan fingerprint density at radius 1 is 1.37 bits per heavy atom. The third-order valence-electron chi connectivity index (χ3n) is 3.37. The molecular formula is C14H19NO4. The number of rotatable bonds is 4. The third kappa shape index (κ3) is 2.92. The molecule has 0 saturated carbocycles. The van der Waals surface area contributed by atoms with Crippen molar-refractivity contribution in [2.24, 2.45) is 0 Å². The van der Waals surface area contributed by atoms with E-state index >= 15 is 0 Å². The van der Waals surface area contributed by atoms with Gasteiger partial charge in [-0.25, -0.2) is 0 Å². The van der Waals surface area contributed by atoms with Crippen LogP contribution in [0, 0.1) is 6.92 Å². The largest absolute Gasteiger partial charge is 0.486 e. The Morgan fingerprint density at radius 2 is 1.95 bits per heavy atom. The summed E-state index contributed by atoms with van der Waals surface area (Å²) < 4.78 is 11.1. The fourth-order valence-electron chi connectivity index (χ4n) is 2.19. The number of carboxylic acids is 1. The van der Waals surface area contributed by atoms with E-state index in [1.165, 1.54) is 0 Å². The lowest BCUT2D eigenvalue weighted by Crippen LogP contribution is -2.31. The molecule has 0 aliphatic carbocycles. The summed E-state index contributed by atoms with van der Waals surface area (Å²) >= 11 is 0. The zero-order valence-corrected chi connectivity index (χ0v) is 11.5. The normalized spacial score (nSPS) is 14.9. The van der Waals surface area contributed by atoms with Gasteiger partial charge in [0.05, 0.1) is 6.42 Å². The zero-order chi connectivity index (χ0) is 14.0. The molecule has 1 unspecified atom stereocenters. The first-order chi connectivity index (χ1) is 8.99. The molecule has 0 bridgehead atoms. The molecule has 0 aromatic heterocycles. The second-order valence-electron chi connectivity index (χ2n) is 4.84. The number of hydrogen-bond donors (Lipinski definition) is 1. The number of aryl methyl sites for hydroxylation is 1. The minimum absolute atomic E-state index is 0.0845. The molecule has 0 saturated heterocycles. The predicted octanol–water partition coefficient (Wildman–Crippen LogP) is 2.07. The van der Waals surface area contributed by atoms with Crippen LogP contribution in [-0.4, -0.2) is 37.4 Å². The predicted molar refractivity (Wildman–Crippen MR) is 72.3 cm³/mol. The summed E-state index contributed by atoms with van der Waals surface area (Å²) in [7, 11) is 1.89. The van der Waals surface area contributed by atoms with Crippen molar-refractivity contribution in [2.45, 2.75) is 26.3 Å². The van der Waals surface area contributed by atoms with E-state index in [1.54, 1.807) is 0 Å². The van der Waals surface area contributed by atoms with Crippen LogP contribution in [0.1, 0.15) is 18.9 Å². The van der Waals surface area contributed by atoms with Gasteiger partial charge in [0.15, 0.2) is 11.5 Å². The molecule has 5 nitrogen and oxygen atoms in total. The topological polar surface area (TPSA) is 59.0 Å². The van der Waals surface area contributed by atoms with E-state index < -0.39 is 5.97 Å². The van der Waals surface area contributed by atoms with Crippen LogP contribution in [0.4, 0.5) is 5.69 Å². The van der Waals surface area contributed by atoms with Gasteiger partial charge >= 0.3 is 5.97 Å². The summed E-state index contributed by atoms with van der Waals surface area (Å²) in [6.45, 7) is 4.99. The van der Waals surface area contributed by atoms with Gasteiger partial charge < -0.3 is 19.5 Å². The summed E-state index contributed by atoms with van der Waals surface area (Å²) in [4.78, 5) is 12.8. The molecule has 19 heavy (non-hydrogen) atoms. The molecule has 1 N–H and O–H groups in total. The van der Waals surface area contributed by atoms with Gasteiger partial charge in [-0.3, -0.25) is 4.79 Å².